The third-order valence-electron chi connectivity index (χ3n) is 4.10. The lowest BCUT2D eigenvalue weighted by molar-refractivity contribution is -0.115. The summed E-state index contributed by atoms with van der Waals surface area (Å²) in [6, 6.07) is 5.25. The smallest absolute Gasteiger partial charge is 0.238 e. The number of carbonyl (C=O) groups is 1. The van der Waals surface area contributed by atoms with Gasteiger partial charge in [0, 0.05) is 37.1 Å². The third-order valence-corrected chi connectivity index (χ3v) is 4.50. The normalized spacial score (nSPS) is 21.8. The number of carbonyl (C=O) groups excluding carboxylic acids is 1. The Labute approximate surface area is 167 Å². The number of ether oxygens (including phenoxy) is 1. The molecule has 1 aromatic carbocycles. The van der Waals surface area contributed by atoms with Gasteiger partial charge in [0.25, 0.3) is 0 Å². The summed E-state index contributed by atoms with van der Waals surface area (Å²) in [4.78, 5) is 25.4. The van der Waals surface area contributed by atoms with Gasteiger partial charge in [0.15, 0.2) is 5.84 Å². The van der Waals surface area contributed by atoms with Crippen LogP contribution in [-0.2, 0) is 9.53 Å². The van der Waals surface area contributed by atoms with E-state index in [2.05, 4.69) is 25.6 Å². The number of anilines is 1. The molecule has 0 bridgehead atoms. The van der Waals surface area contributed by atoms with Crippen LogP contribution in [0.2, 0.25) is 5.02 Å². The predicted octanol–water partition coefficient (Wildman–Crippen LogP) is 2.96. The maximum Gasteiger partial charge on any atom is 0.238 e. The second kappa shape index (κ2) is 8.65. The van der Waals surface area contributed by atoms with Gasteiger partial charge in [-0.2, -0.15) is 4.99 Å². The van der Waals surface area contributed by atoms with Crippen molar-refractivity contribution in [3.63, 3.8) is 0 Å². The van der Waals surface area contributed by atoms with Crippen molar-refractivity contribution in [2.24, 2.45) is 15.0 Å². The van der Waals surface area contributed by atoms with Crippen molar-refractivity contribution in [2.45, 2.75) is 12.8 Å². The molecule has 2 aliphatic rings. The summed E-state index contributed by atoms with van der Waals surface area (Å²) in [7, 11) is 1.61. The van der Waals surface area contributed by atoms with Gasteiger partial charge in [0.1, 0.15) is 5.92 Å². The van der Waals surface area contributed by atoms with Crippen LogP contribution in [0.1, 0.15) is 18.4 Å². The van der Waals surface area contributed by atoms with Crippen molar-refractivity contribution in [3.05, 3.63) is 40.6 Å². The fourth-order valence-corrected chi connectivity index (χ4v) is 3.28. The molecule has 1 aromatic rings. The molecule has 1 atom stereocenters. The number of aliphatic imine (C=N–C) groups is 3. The molecule has 3 rings (SSSR count). The van der Waals surface area contributed by atoms with Crippen LogP contribution in [0.15, 0.2) is 44.9 Å². The van der Waals surface area contributed by atoms with Crippen LogP contribution in [-0.4, -0.2) is 49.6 Å². The summed E-state index contributed by atoms with van der Waals surface area (Å²) >= 11 is 12.2. The first-order valence-electron chi connectivity index (χ1n) is 8.47. The van der Waals surface area contributed by atoms with Gasteiger partial charge < -0.3 is 15.4 Å². The van der Waals surface area contributed by atoms with Crippen LogP contribution in [0.4, 0.5) is 5.69 Å². The van der Waals surface area contributed by atoms with Crippen molar-refractivity contribution < 1.29 is 9.53 Å². The lowest BCUT2D eigenvalue weighted by Crippen LogP contribution is -2.30. The van der Waals surface area contributed by atoms with Crippen molar-refractivity contribution >= 4 is 51.6 Å². The molecular formula is C18H19Cl2N5O2. The molecule has 9 heteroatoms. The summed E-state index contributed by atoms with van der Waals surface area (Å²) in [5.74, 6) is -0.454. The van der Waals surface area contributed by atoms with E-state index in [0.29, 0.717) is 47.6 Å². The van der Waals surface area contributed by atoms with Gasteiger partial charge in [0.2, 0.25) is 11.2 Å². The Bertz CT molecular complexity index is 877. The molecule has 1 amide bonds. The zero-order chi connectivity index (χ0) is 19.4. The Morgan fingerprint density at radius 1 is 1.37 bits per heavy atom. The van der Waals surface area contributed by atoms with Crippen molar-refractivity contribution in [1.82, 2.24) is 5.32 Å². The summed E-state index contributed by atoms with van der Waals surface area (Å²) in [5, 5.41) is 6.58. The average Bonchev–Trinajstić information content (AvgIpc) is 2.96. The number of amides is 1. The monoisotopic (exact) mass is 407 g/mol. The van der Waals surface area contributed by atoms with Gasteiger partial charge in [0.05, 0.1) is 17.9 Å². The maximum absolute atomic E-state index is 12.7. The standard InChI is InChI=1S/C18H19Cl2N5O2/c1-3-27-7-6-22-9-12-15(24-18(20)25-16(12)21-2)14-11-8-10(19)4-5-13(11)23-17(14)26/h4-5,8-9,14,22H,3,6-7H2,1-2H3,(H,23,26)/b12-9-,21-16+. The Morgan fingerprint density at radius 3 is 2.93 bits per heavy atom. The third kappa shape index (κ3) is 4.21. The number of halogens is 2. The second-order valence-electron chi connectivity index (χ2n) is 5.79. The summed E-state index contributed by atoms with van der Waals surface area (Å²) < 4.78 is 5.32. The van der Waals surface area contributed by atoms with Gasteiger partial charge in [-0.1, -0.05) is 11.6 Å². The highest BCUT2D eigenvalue weighted by Gasteiger charge is 2.38. The lowest BCUT2D eigenvalue weighted by Gasteiger charge is -2.19. The number of hydrogen-bond donors (Lipinski definition) is 2. The summed E-state index contributed by atoms with van der Waals surface area (Å²) in [5.41, 5.74) is 2.52. The fourth-order valence-electron chi connectivity index (χ4n) is 2.93. The highest BCUT2D eigenvalue weighted by atomic mass is 35.5. The van der Waals surface area contributed by atoms with Gasteiger partial charge in [-0.25, -0.2) is 4.99 Å². The Morgan fingerprint density at radius 2 is 2.19 bits per heavy atom. The minimum atomic E-state index is -0.653. The number of amidine groups is 2. The zero-order valence-electron chi connectivity index (χ0n) is 14.9. The van der Waals surface area contributed by atoms with Gasteiger partial charge in [-0.3, -0.25) is 9.79 Å². The first kappa shape index (κ1) is 19.5. The number of benzene rings is 1. The SMILES string of the molecule is CCOCCN/C=C1/C(C2C(=O)Nc3ccc(Cl)cc32)=NC(Cl)=N/C1=N/C. The van der Waals surface area contributed by atoms with E-state index in [1.807, 2.05) is 6.92 Å². The Kier molecular flexibility index (Phi) is 6.26. The molecule has 0 spiro atoms. The van der Waals surface area contributed by atoms with Crippen molar-refractivity contribution in [1.29, 1.82) is 0 Å². The predicted molar refractivity (Wildman–Crippen MR) is 109 cm³/mol. The molecule has 0 saturated carbocycles. The molecule has 0 fully saturated rings. The largest absolute Gasteiger partial charge is 0.388 e. The quantitative estimate of drug-likeness (QED) is 0.561. The first-order chi connectivity index (χ1) is 13.0. The van der Waals surface area contributed by atoms with E-state index in [-0.39, 0.29) is 11.2 Å². The molecule has 0 aromatic heterocycles. The van der Waals surface area contributed by atoms with Crippen LogP contribution in [0, 0.1) is 0 Å². The first-order valence-corrected chi connectivity index (χ1v) is 9.22. The van der Waals surface area contributed by atoms with E-state index < -0.39 is 5.92 Å². The highest BCUT2D eigenvalue weighted by Crippen LogP contribution is 2.37. The minimum Gasteiger partial charge on any atom is -0.388 e. The average molecular weight is 408 g/mol. The maximum atomic E-state index is 12.7. The van der Waals surface area contributed by atoms with Crippen LogP contribution < -0.4 is 10.6 Å². The number of nitrogens with one attached hydrogen (secondary N) is 2. The molecule has 142 valence electrons. The molecule has 7 nitrogen and oxygen atoms in total. The molecule has 1 unspecified atom stereocenters. The fraction of sp³-hybridized carbons (Fsp3) is 0.333. The minimum absolute atomic E-state index is 0.0281. The topological polar surface area (TPSA) is 87.4 Å². The highest BCUT2D eigenvalue weighted by molar-refractivity contribution is 6.68. The molecular weight excluding hydrogens is 389 g/mol. The van der Waals surface area contributed by atoms with Gasteiger partial charge in [-0.15, -0.1) is 0 Å². The van der Waals surface area contributed by atoms with E-state index in [4.69, 9.17) is 27.9 Å². The number of rotatable bonds is 6. The van der Waals surface area contributed by atoms with Crippen LogP contribution >= 0.6 is 23.2 Å². The van der Waals surface area contributed by atoms with Crippen molar-refractivity contribution in [2.75, 3.05) is 32.1 Å². The summed E-state index contributed by atoms with van der Waals surface area (Å²) in [6.45, 7) is 3.73. The molecule has 0 radical (unpaired) electrons. The number of hydrogen-bond acceptors (Lipinski definition) is 5. The Hall–Kier alpha value is -2.22. The van der Waals surface area contributed by atoms with E-state index in [1.54, 1.807) is 31.4 Å². The van der Waals surface area contributed by atoms with Gasteiger partial charge >= 0.3 is 0 Å². The summed E-state index contributed by atoms with van der Waals surface area (Å²) in [6.07, 6.45) is 1.74. The van der Waals surface area contributed by atoms with Crippen molar-refractivity contribution in [3.8, 4) is 0 Å². The second-order valence-corrected chi connectivity index (χ2v) is 6.56. The number of nitrogens with zero attached hydrogens (tertiary/aromatic N) is 3. The van der Waals surface area contributed by atoms with Crippen LogP contribution in [0.3, 0.4) is 0 Å². The molecule has 0 aliphatic carbocycles. The molecule has 27 heavy (non-hydrogen) atoms. The van der Waals surface area contributed by atoms with Gasteiger partial charge in [-0.05, 0) is 42.3 Å². The van der Waals surface area contributed by atoms with E-state index in [9.17, 15) is 4.79 Å². The van der Waals surface area contributed by atoms with E-state index in [0.717, 1.165) is 5.56 Å². The van der Waals surface area contributed by atoms with E-state index in [1.165, 1.54) is 0 Å². The Balaban J connectivity index is 1.98. The lowest BCUT2D eigenvalue weighted by atomic mass is 9.90. The molecule has 2 aliphatic heterocycles. The zero-order valence-corrected chi connectivity index (χ0v) is 16.4. The molecule has 2 N–H and O–H groups in total. The number of fused-ring (bicyclic) bond motifs is 1. The van der Waals surface area contributed by atoms with Crippen LogP contribution in [0.25, 0.3) is 0 Å². The molecule has 2 heterocycles. The van der Waals surface area contributed by atoms with Crippen LogP contribution in [0.5, 0.6) is 0 Å². The molecule has 0 saturated heterocycles. The van der Waals surface area contributed by atoms with E-state index >= 15 is 0 Å².